The summed E-state index contributed by atoms with van der Waals surface area (Å²) in [4.78, 5) is 0. The van der Waals surface area contributed by atoms with Crippen molar-refractivity contribution in [2.45, 2.75) is 13.8 Å². The highest BCUT2D eigenvalue weighted by Gasteiger charge is 1.87. The SMILES string of the molecule is CC(/C=C/c1ccc(C)cc1)=C\C=[N+](C)C. The van der Waals surface area contributed by atoms with Crippen LogP contribution in [0.2, 0.25) is 0 Å². The molecule has 0 unspecified atom stereocenters. The van der Waals surface area contributed by atoms with Crippen molar-refractivity contribution in [2.75, 3.05) is 14.1 Å². The summed E-state index contributed by atoms with van der Waals surface area (Å²) in [5, 5.41) is 0. The fraction of sp³-hybridized carbons (Fsp3) is 0.267. The molecular formula is C15H20N+. The Morgan fingerprint density at radius 1 is 1.12 bits per heavy atom. The number of benzene rings is 1. The molecular weight excluding hydrogens is 194 g/mol. The summed E-state index contributed by atoms with van der Waals surface area (Å²) in [5.74, 6) is 0. The van der Waals surface area contributed by atoms with Crippen LogP contribution in [-0.4, -0.2) is 24.9 Å². The van der Waals surface area contributed by atoms with Crippen LogP contribution in [0.1, 0.15) is 18.1 Å². The summed E-state index contributed by atoms with van der Waals surface area (Å²) >= 11 is 0. The molecule has 0 atom stereocenters. The van der Waals surface area contributed by atoms with Gasteiger partial charge in [-0.3, -0.25) is 0 Å². The average molecular weight is 214 g/mol. The lowest BCUT2D eigenvalue weighted by Crippen LogP contribution is -1.95. The van der Waals surface area contributed by atoms with E-state index in [9.17, 15) is 0 Å². The van der Waals surface area contributed by atoms with E-state index in [0.717, 1.165) is 0 Å². The molecule has 0 saturated heterocycles. The van der Waals surface area contributed by atoms with Crippen molar-refractivity contribution < 1.29 is 4.58 Å². The lowest BCUT2D eigenvalue weighted by atomic mass is 10.1. The lowest BCUT2D eigenvalue weighted by Gasteiger charge is -1.94. The molecule has 84 valence electrons. The van der Waals surface area contributed by atoms with Crippen molar-refractivity contribution in [3.8, 4) is 0 Å². The van der Waals surface area contributed by atoms with E-state index in [2.05, 4.69) is 62.6 Å². The van der Waals surface area contributed by atoms with E-state index >= 15 is 0 Å². The minimum atomic E-state index is 1.24. The molecule has 1 rings (SSSR count). The standard InChI is InChI=1S/C15H20N/c1-13-5-8-15(9-6-13)10-7-14(2)11-12-16(3)4/h5-12H,1-4H3/q+1/b10-7+,14-11+. The van der Waals surface area contributed by atoms with E-state index in [1.165, 1.54) is 16.7 Å². The molecule has 0 N–H and O–H groups in total. The Balaban J connectivity index is 2.70. The summed E-state index contributed by atoms with van der Waals surface area (Å²) in [7, 11) is 4.04. The van der Waals surface area contributed by atoms with Crippen LogP contribution in [0.5, 0.6) is 0 Å². The van der Waals surface area contributed by atoms with Crippen molar-refractivity contribution in [1.29, 1.82) is 0 Å². The van der Waals surface area contributed by atoms with Crippen LogP contribution in [-0.2, 0) is 0 Å². The lowest BCUT2D eigenvalue weighted by molar-refractivity contribution is -0.458. The van der Waals surface area contributed by atoms with Gasteiger partial charge in [-0.25, -0.2) is 4.58 Å². The molecule has 1 nitrogen and oxygen atoms in total. The molecule has 0 aromatic heterocycles. The minimum Gasteiger partial charge on any atom is -0.241 e. The molecule has 0 amide bonds. The molecule has 0 saturated carbocycles. The van der Waals surface area contributed by atoms with Gasteiger partial charge in [-0.05, 0) is 25.0 Å². The fourth-order valence-corrected chi connectivity index (χ4v) is 1.23. The summed E-state index contributed by atoms with van der Waals surface area (Å²) in [5.41, 5.74) is 3.78. The predicted molar refractivity (Wildman–Crippen MR) is 72.1 cm³/mol. The Morgan fingerprint density at radius 3 is 2.31 bits per heavy atom. The zero-order valence-electron chi connectivity index (χ0n) is 10.6. The Kier molecular flexibility index (Phi) is 4.71. The van der Waals surface area contributed by atoms with E-state index in [0.29, 0.717) is 0 Å². The third kappa shape index (κ3) is 4.74. The van der Waals surface area contributed by atoms with Gasteiger partial charge in [0.2, 0.25) is 0 Å². The Hall–Kier alpha value is -1.63. The quantitative estimate of drug-likeness (QED) is 0.412. The number of rotatable bonds is 3. The molecule has 1 aromatic carbocycles. The van der Waals surface area contributed by atoms with Gasteiger partial charge in [-0.15, -0.1) is 0 Å². The largest absolute Gasteiger partial charge is 0.241 e. The first-order valence-corrected chi connectivity index (χ1v) is 5.51. The van der Waals surface area contributed by atoms with Crippen molar-refractivity contribution in [3.05, 3.63) is 53.1 Å². The highest BCUT2D eigenvalue weighted by Crippen LogP contribution is 2.06. The Morgan fingerprint density at radius 2 is 1.75 bits per heavy atom. The van der Waals surface area contributed by atoms with Gasteiger partial charge in [0, 0.05) is 6.08 Å². The van der Waals surface area contributed by atoms with Crippen molar-refractivity contribution in [1.82, 2.24) is 0 Å². The maximum absolute atomic E-state index is 2.13. The number of aryl methyl sites for hydroxylation is 1. The van der Waals surface area contributed by atoms with Gasteiger partial charge < -0.3 is 0 Å². The van der Waals surface area contributed by atoms with Crippen LogP contribution in [0.3, 0.4) is 0 Å². The monoisotopic (exact) mass is 214 g/mol. The molecule has 0 fully saturated rings. The molecule has 0 heterocycles. The smallest absolute Gasteiger partial charge is 0.163 e. The highest BCUT2D eigenvalue weighted by molar-refractivity contribution is 5.69. The first-order valence-electron chi connectivity index (χ1n) is 5.51. The minimum absolute atomic E-state index is 1.24. The first kappa shape index (κ1) is 12.4. The van der Waals surface area contributed by atoms with E-state index in [1.807, 2.05) is 18.7 Å². The van der Waals surface area contributed by atoms with Crippen LogP contribution < -0.4 is 0 Å². The van der Waals surface area contributed by atoms with Gasteiger partial charge in [0.05, 0.1) is 0 Å². The summed E-state index contributed by atoms with van der Waals surface area (Å²) in [6.45, 7) is 4.20. The normalized spacial score (nSPS) is 11.9. The van der Waals surface area contributed by atoms with Gasteiger partial charge >= 0.3 is 0 Å². The molecule has 0 aliphatic rings. The van der Waals surface area contributed by atoms with Crippen molar-refractivity contribution >= 4 is 12.3 Å². The third-order valence-corrected chi connectivity index (χ3v) is 2.25. The number of hydrogen-bond acceptors (Lipinski definition) is 0. The topological polar surface area (TPSA) is 3.01 Å². The molecule has 1 heteroatoms. The Labute approximate surface area is 98.4 Å². The van der Waals surface area contributed by atoms with Crippen molar-refractivity contribution in [2.24, 2.45) is 0 Å². The van der Waals surface area contributed by atoms with Gasteiger partial charge in [-0.1, -0.05) is 42.0 Å². The van der Waals surface area contributed by atoms with Crippen LogP contribution in [0.4, 0.5) is 0 Å². The number of nitrogens with zero attached hydrogens (tertiary/aromatic N) is 1. The third-order valence-electron chi connectivity index (χ3n) is 2.25. The second-order valence-electron chi connectivity index (χ2n) is 4.27. The second-order valence-corrected chi connectivity index (χ2v) is 4.27. The van der Waals surface area contributed by atoms with Crippen LogP contribution in [0.15, 0.2) is 42.0 Å². The fourth-order valence-electron chi connectivity index (χ4n) is 1.23. The molecule has 0 aliphatic carbocycles. The molecule has 0 bridgehead atoms. The van der Waals surface area contributed by atoms with E-state index in [-0.39, 0.29) is 0 Å². The van der Waals surface area contributed by atoms with Gasteiger partial charge in [0.1, 0.15) is 14.1 Å². The van der Waals surface area contributed by atoms with Crippen molar-refractivity contribution in [3.63, 3.8) is 0 Å². The maximum Gasteiger partial charge on any atom is 0.163 e. The highest BCUT2D eigenvalue weighted by atomic mass is 14.9. The van der Waals surface area contributed by atoms with Crippen LogP contribution >= 0.6 is 0 Å². The van der Waals surface area contributed by atoms with Crippen LogP contribution in [0, 0.1) is 6.92 Å². The Bertz CT molecular complexity index is 415. The first-order chi connectivity index (χ1) is 7.58. The molecule has 0 aliphatic heterocycles. The summed E-state index contributed by atoms with van der Waals surface area (Å²) in [6, 6.07) is 8.53. The number of hydrogen-bond donors (Lipinski definition) is 0. The van der Waals surface area contributed by atoms with E-state index in [1.54, 1.807) is 0 Å². The molecule has 0 spiro atoms. The summed E-state index contributed by atoms with van der Waals surface area (Å²) < 4.78 is 2.03. The van der Waals surface area contributed by atoms with E-state index < -0.39 is 0 Å². The van der Waals surface area contributed by atoms with Gasteiger partial charge in [-0.2, -0.15) is 0 Å². The van der Waals surface area contributed by atoms with Crippen LogP contribution in [0.25, 0.3) is 6.08 Å². The molecule has 1 aromatic rings. The molecule has 16 heavy (non-hydrogen) atoms. The average Bonchev–Trinajstić information content (AvgIpc) is 2.25. The maximum atomic E-state index is 2.13. The summed E-state index contributed by atoms with van der Waals surface area (Å²) in [6.07, 6.45) is 8.42. The molecule has 0 radical (unpaired) electrons. The van der Waals surface area contributed by atoms with Gasteiger partial charge in [0.15, 0.2) is 6.21 Å². The van der Waals surface area contributed by atoms with Gasteiger partial charge in [0.25, 0.3) is 0 Å². The van der Waals surface area contributed by atoms with E-state index in [4.69, 9.17) is 0 Å². The zero-order chi connectivity index (χ0) is 12.0. The number of allylic oxidation sites excluding steroid dienone is 3. The predicted octanol–water partition coefficient (Wildman–Crippen LogP) is 3.30. The zero-order valence-corrected chi connectivity index (χ0v) is 10.6. The second kappa shape index (κ2) is 6.06.